The van der Waals surface area contributed by atoms with Gasteiger partial charge in [0.1, 0.15) is 23.9 Å². The van der Waals surface area contributed by atoms with Crippen LogP contribution in [0, 0.1) is 5.82 Å². The highest BCUT2D eigenvalue weighted by Gasteiger charge is 2.17. The summed E-state index contributed by atoms with van der Waals surface area (Å²) in [6, 6.07) is 11.2. The third-order valence-electron chi connectivity index (χ3n) is 7.79. The lowest BCUT2D eigenvalue weighted by Gasteiger charge is -2.15. The summed E-state index contributed by atoms with van der Waals surface area (Å²) in [6.45, 7) is 7.75. The highest BCUT2D eigenvalue weighted by Crippen LogP contribution is 2.35. The van der Waals surface area contributed by atoms with Crippen LogP contribution < -0.4 is 10.1 Å². The Morgan fingerprint density at radius 2 is 1.77 bits per heavy atom. The predicted molar refractivity (Wildman–Crippen MR) is 168 cm³/mol. The third kappa shape index (κ3) is 5.65. The maximum Gasteiger partial charge on any atom is 0.127 e. The number of pyridine rings is 3. The second kappa shape index (κ2) is 11.4. The molecule has 3 N–H and O–H groups in total. The number of nitrogens with one attached hydrogen (secondary N) is 3. The molecular weight excluding hydrogens is 543 g/mol. The highest BCUT2D eigenvalue weighted by atomic mass is 19.1. The Morgan fingerprint density at radius 3 is 2.63 bits per heavy atom. The van der Waals surface area contributed by atoms with Gasteiger partial charge in [0.2, 0.25) is 0 Å². The zero-order chi connectivity index (χ0) is 29.3. The number of anilines is 1. The van der Waals surface area contributed by atoms with Gasteiger partial charge < -0.3 is 15.0 Å². The first kappa shape index (κ1) is 27.0. The van der Waals surface area contributed by atoms with Crippen LogP contribution in [0.5, 0.6) is 5.75 Å². The van der Waals surface area contributed by atoms with Crippen molar-refractivity contribution in [3.63, 3.8) is 0 Å². The number of benzene rings is 1. The Bertz CT molecular complexity index is 1910. The summed E-state index contributed by atoms with van der Waals surface area (Å²) in [4.78, 5) is 19.3. The van der Waals surface area contributed by atoms with Gasteiger partial charge in [0.15, 0.2) is 0 Å². The van der Waals surface area contributed by atoms with Crippen molar-refractivity contribution in [2.45, 2.75) is 32.7 Å². The van der Waals surface area contributed by atoms with Crippen LogP contribution in [0.4, 0.5) is 10.1 Å². The lowest BCUT2D eigenvalue weighted by Crippen LogP contribution is -2.25. The minimum absolute atomic E-state index is 0.292. The second-order valence-corrected chi connectivity index (χ2v) is 11.4. The first-order valence-corrected chi connectivity index (χ1v) is 14.7. The van der Waals surface area contributed by atoms with E-state index < -0.39 is 0 Å². The molecule has 0 unspecified atom stereocenters. The van der Waals surface area contributed by atoms with E-state index in [1.807, 2.05) is 36.7 Å². The zero-order valence-electron chi connectivity index (χ0n) is 24.2. The number of aromatic nitrogens is 6. The molecule has 1 aliphatic rings. The van der Waals surface area contributed by atoms with Crippen molar-refractivity contribution >= 4 is 27.5 Å². The monoisotopic (exact) mass is 576 g/mol. The van der Waals surface area contributed by atoms with Crippen LogP contribution >= 0.6 is 0 Å². The molecule has 7 rings (SSSR count). The molecule has 43 heavy (non-hydrogen) atoms. The molecule has 0 saturated carbocycles. The summed E-state index contributed by atoms with van der Waals surface area (Å²) in [5.41, 5.74) is 7.39. The van der Waals surface area contributed by atoms with Crippen molar-refractivity contribution in [1.82, 2.24) is 35.0 Å². The van der Waals surface area contributed by atoms with Crippen molar-refractivity contribution in [2.24, 2.45) is 0 Å². The first-order valence-electron chi connectivity index (χ1n) is 14.7. The second-order valence-electron chi connectivity index (χ2n) is 11.4. The van der Waals surface area contributed by atoms with Gasteiger partial charge in [-0.15, -0.1) is 0 Å². The molecule has 0 bridgehead atoms. The van der Waals surface area contributed by atoms with E-state index in [9.17, 15) is 4.39 Å². The Hall–Kier alpha value is -4.83. The van der Waals surface area contributed by atoms with E-state index in [2.05, 4.69) is 54.2 Å². The Morgan fingerprint density at radius 1 is 0.907 bits per heavy atom. The molecule has 6 heterocycles. The molecule has 0 spiro atoms. The van der Waals surface area contributed by atoms with E-state index in [0.717, 1.165) is 75.3 Å². The minimum Gasteiger partial charge on any atom is -0.492 e. The predicted octanol–water partition coefficient (Wildman–Crippen LogP) is 6.66. The molecule has 0 atom stereocenters. The number of halogens is 1. The molecule has 6 aromatic rings. The molecule has 1 saturated heterocycles. The lowest BCUT2D eigenvalue weighted by atomic mass is 10.0. The number of aromatic amines is 2. The van der Waals surface area contributed by atoms with Crippen LogP contribution in [0.3, 0.4) is 0 Å². The fraction of sp³-hybridized carbons (Fsp3) is 0.273. The molecule has 5 aromatic heterocycles. The van der Waals surface area contributed by atoms with Crippen LogP contribution in [0.15, 0.2) is 67.4 Å². The average molecular weight is 577 g/mol. The van der Waals surface area contributed by atoms with E-state index in [0.29, 0.717) is 24.0 Å². The Balaban J connectivity index is 1.21. The van der Waals surface area contributed by atoms with Crippen molar-refractivity contribution in [3.05, 3.63) is 73.2 Å². The highest BCUT2D eigenvalue weighted by molar-refractivity contribution is 6.01. The largest absolute Gasteiger partial charge is 0.492 e. The molecule has 10 heteroatoms. The fourth-order valence-corrected chi connectivity index (χ4v) is 5.78. The van der Waals surface area contributed by atoms with E-state index in [1.165, 1.54) is 25.0 Å². The fourth-order valence-electron chi connectivity index (χ4n) is 5.78. The molecule has 1 aliphatic heterocycles. The topological polar surface area (TPSA) is 108 Å². The van der Waals surface area contributed by atoms with Crippen LogP contribution in [0.2, 0.25) is 0 Å². The Labute approximate surface area is 248 Å². The molecular formula is C33H33FN8O. The minimum atomic E-state index is -0.345. The van der Waals surface area contributed by atoms with Gasteiger partial charge in [0.05, 0.1) is 40.5 Å². The molecule has 9 nitrogen and oxygen atoms in total. The summed E-state index contributed by atoms with van der Waals surface area (Å²) in [7, 11) is 0. The lowest BCUT2D eigenvalue weighted by molar-refractivity contribution is 0.237. The summed E-state index contributed by atoms with van der Waals surface area (Å²) in [5, 5.41) is 13.0. The van der Waals surface area contributed by atoms with Gasteiger partial charge in [-0.2, -0.15) is 5.10 Å². The van der Waals surface area contributed by atoms with E-state index >= 15 is 0 Å². The number of H-pyrrole nitrogens is 2. The van der Waals surface area contributed by atoms with Crippen molar-refractivity contribution < 1.29 is 9.13 Å². The van der Waals surface area contributed by atoms with Gasteiger partial charge >= 0.3 is 0 Å². The van der Waals surface area contributed by atoms with Gasteiger partial charge in [0.25, 0.3) is 0 Å². The first-order chi connectivity index (χ1) is 21.0. The number of ether oxygens (including phenoxy) is 1. The van der Waals surface area contributed by atoms with Gasteiger partial charge in [-0.3, -0.25) is 25.0 Å². The van der Waals surface area contributed by atoms with Crippen LogP contribution in [0.1, 0.15) is 26.7 Å². The number of rotatable bonds is 9. The standard InChI is InChI=1S/C33H33FN8O/c1-20(2)38-24-10-22(15-35-16-24)29-14-27-32(19-37-29)40-41-33(27)30-13-26-28(17-36-18-31(26)39-30)21-9-23(34)12-25(11-21)43-8-7-42-5-3-4-6-42/h9-20,38-39H,3-8H2,1-2H3,(H,40,41). The normalized spacial score (nSPS) is 13.9. The maximum atomic E-state index is 14.8. The summed E-state index contributed by atoms with van der Waals surface area (Å²) < 4.78 is 20.7. The van der Waals surface area contributed by atoms with Gasteiger partial charge in [-0.25, -0.2) is 4.39 Å². The van der Waals surface area contributed by atoms with Crippen LogP contribution in [-0.2, 0) is 0 Å². The molecule has 1 fully saturated rings. The van der Waals surface area contributed by atoms with Gasteiger partial charge in [0, 0.05) is 59.1 Å². The number of nitrogens with zero attached hydrogens (tertiary/aromatic N) is 5. The maximum absolute atomic E-state index is 14.8. The van der Waals surface area contributed by atoms with Gasteiger partial charge in [-0.1, -0.05) is 0 Å². The number of hydrogen-bond acceptors (Lipinski definition) is 7. The van der Waals surface area contributed by atoms with Crippen LogP contribution in [-0.4, -0.2) is 67.3 Å². The van der Waals surface area contributed by atoms with E-state index in [-0.39, 0.29) is 5.82 Å². The molecule has 0 aliphatic carbocycles. The average Bonchev–Trinajstić information content (AvgIpc) is 3.76. The molecule has 1 aromatic carbocycles. The molecule has 0 radical (unpaired) electrons. The summed E-state index contributed by atoms with van der Waals surface area (Å²) in [5.74, 6) is 0.171. The Kier molecular flexibility index (Phi) is 7.20. The van der Waals surface area contributed by atoms with Gasteiger partial charge in [-0.05, 0) is 75.7 Å². The molecule has 0 amide bonds. The quantitative estimate of drug-likeness (QED) is 0.177. The third-order valence-corrected chi connectivity index (χ3v) is 7.79. The van der Waals surface area contributed by atoms with Crippen molar-refractivity contribution in [3.8, 4) is 39.5 Å². The number of likely N-dealkylation sites (tertiary alicyclic amines) is 1. The van der Waals surface area contributed by atoms with Crippen LogP contribution in [0.25, 0.3) is 55.6 Å². The van der Waals surface area contributed by atoms with E-state index in [4.69, 9.17) is 4.74 Å². The smallest absolute Gasteiger partial charge is 0.127 e. The number of hydrogen-bond donors (Lipinski definition) is 3. The zero-order valence-corrected chi connectivity index (χ0v) is 24.2. The number of fused-ring (bicyclic) bond motifs is 2. The SMILES string of the molecule is CC(C)Nc1cncc(-c2cc3c(-c4cc5c(-c6cc(F)cc(OCCN7CCCC7)c6)cncc5[nH]4)n[nH]c3cn2)c1. The van der Waals surface area contributed by atoms with Crippen molar-refractivity contribution in [1.29, 1.82) is 0 Å². The molecule has 218 valence electrons. The van der Waals surface area contributed by atoms with E-state index in [1.54, 1.807) is 18.6 Å². The summed E-state index contributed by atoms with van der Waals surface area (Å²) >= 11 is 0. The van der Waals surface area contributed by atoms with Crippen molar-refractivity contribution in [2.75, 3.05) is 31.6 Å². The summed E-state index contributed by atoms with van der Waals surface area (Å²) in [6.07, 6.45) is 11.4.